The Labute approximate surface area is 113 Å². The molecular formula is C14H20N2O3. The van der Waals surface area contributed by atoms with Crippen LogP contribution in [0.3, 0.4) is 0 Å². The molecule has 1 aliphatic heterocycles. The van der Waals surface area contributed by atoms with E-state index < -0.39 is 0 Å². The maximum atomic E-state index is 11.8. The van der Waals surface area contributed by atoms with E-state index in [1.807, 2.05) is 18.2 Å². The number of piperazine rings is 1. The fourth-order valence-electron chi connectivity index (χ4n) is 2.49. The molecule has 0 unspecified atom stereocenters. The smallest absolute Gasteiger partial charge is 0.338 e. The lowest BCUT2D eigenvalue weighted by atomic mass is 9.99. The highest BCUT2D eigenvalue weighted by Gasteiger charge is 2.25. The number of nitrogens with zero attached hydrogens (tertiary/aromatic N) is 1. The Morgan fingerprint density at radius 2 is 2.11 bits per heavy atom. The maximum absolute atomic E-state index is 11.8. The SMILES string of the molecule is COC(=O)c1ccccc1[C@H](CO)N1CCNCC1. The predicted molar refractivity (Wildman–Crippen MR) is 72.1 cm³/mol. The van der Waals surface area contributed by atoms with Crippen molar-refractivity contribution in [3.05, 3.63) is 35.4 Å². The summed E-state index contributed by atoms with van der Waals surface area (Å²) in [5, 5.41) is 13.0. The molecule has 0 saturated carbocycles. The summed E-state index contributed by atoms with van der Waals surface area (Å²) >= 11 is 0. The number of methoxy groups -OCH3 is 1. The monoisotopic (exact) mass is 264 g/mol. The van der Waals surface area contributed by atoms with Crippen LogP contribution >= 0.6 is 0 Å². The van der Waals surface area contributed by atoms with Gasteiger partial charge in [-0.3, -0.25) is 4.90 Å². The summed E-state index contributed by atoms with van der Waals surface area (Å²) in [5.74, 6) is -0.357. The minimum atomic E-state index is -0.357. The van der Waals surface area contributed by atoms with Crippen molar-refractivity contribution in [1.29, 1.82) is 0 Å². The average Bonchev–Trinajstić information content (AvgIpc) is 2.49. The summed E-state index contributed by atoms with van der Waals surface area (Å²) in [7, 11) is 1.37. The van der Waals surface area contributed by atoms with Crippen LogP contribution in [0.5, 0.6) is 0 Å². The summed E-state index contributed by atoms with van der Waals surface area (Å²) in [6, 6.07) is 7.16. The molecule has 1 saturated heterocycles. The number of carbonyl (C=O) groups excluding carboxylic acids is 1. The van der Waals surface area contributed by atoms with Crippen molar-refractivity contribution in [2.45, 2.75) is 6.04 Å². The molecule has 2 rings (SSSR count). The number of aliphatic hydroxyl groups excluding tert-OH is 1. The maximum Gasteiger partial charge on any atom is 0.338 e. The number of carbonyl (C=O) groups is 1. The van der Waals surface area contributed by atoms with Crippen molar-refractivity contribution in [1.82, 2.24) is 10.2 Å². The molecule has 104 valence electrons. The number of ether oxygens (including phenoxy) is 1. The van der Waals surface area contributed by atoms with Crippen molar-refractivity contribution < 1.29 is 14.6 Å². The number of aliphatic hydroxyl groups is 1. The first-order valence-corrected chi connectivity index (χ1v) is 6.50. The molecule has 2 N–H and O–H groups in total. The van der Waals surface area contributed by atoms with Crippen molar-refractivity contribution in [3.63, 3.8) is 0 Å². The normalized spacial score (nSPS) is 18.0. The molecule has 1 atom stereocenters. The van der Waals surface area contributed by atoms with E-state index in [0.717, 1.165) is 31.7 Å². The topological polar surface area (TPSA) is 61.8 Å². The Balaban J connectivity index is 2.29. The zero-order chi connectivity index (χ0) is 13.7. The quantitative estimate of drug-likeness (QED) is 0.771. The summed E-state index contributed by atoms with van der Waals surface area (Å²) in [6.07, 6.45) is 0. The second kappa shape index (κ2) is 6.65. The Kier molecular flexibility index (Phi) is 4.90. The van der Waals surface area contributed by atoms with Crippen LogP contribution in [-0.2, 0) is 4.74 Å². The highest BCUT2D eigenvalue weighted by atomic mass is 16.5. The van der Waals surface area contributed by atoms with Crippen LogP contribution in [0.2, 0.25) is 0 Å². The Morgan fingerprint density at radius 3 is 2.74 bits per heavy atom. The first-order chi connectivity index (χ1) is 9.27. The van der Waals surface area contributed by atoms with E-state index in [-0.39, 0.29) is 18.6 Å². The van der Waals surface area contributed by atoms with Crippen LogP contribution < -0.4 is 5.32 Å². The van der Waals surface area contributed by atoms with Gasteiger partial charge >= 0.3 is 5.97 Å². The number of benzene rings is 1. The van der Waals surface area contributed by atoms with Gasteiger partial charge in [-0.2, -0.15) is 0 Å². The van der Waals surface area contributed by atoms with Crippen LogP contribution in [0.4, 0.5) is 0 Å². The van der Waals surface area contributed by atoms with E-state index in [0.29, 0.717) is 5.56 Å². The molecule has 0 bridgehead atoms. The Bertz CT molecular complexity index is 430. The van der Waals surface area contributed by atoms with Gasteiger partial charge in [0.25, 0.3) is 0 Å². The average molecular weight is 264 g/mol. The zero-order valence-corrected chi connectivity index (χ0v) is 11.1. The van der Waals surface area contributed by atoms with Crippen LogP contribution in [0.25, 0.3) is 0 Å². The lowest BCUT2D eigenvalue weighted by Crippen LogP contribution is -2.46. The third-order valence-corrected chi connectivity index (χ3v) is 3.49. The van der Waals surface area contributed by atoms with E-state index >= 15 is 0 Å². The Morgan fingerprint density at radius 1 is 1.42 bits per heavy atom. The lowest BCUT2D eigenvalue weighted by molar-refractivity contribution is 0.0591. The second-order valence-electron chi connectivity index (χ2n) is 4.56. The van der Waals surface area contributed by atoms with Crippen molar-refractivity contribution >= 4 is 5.97 Å². The summed E-state index contributed by atoms with van der Waals surface area (Å²) < 4.78 is 4.81. The molecule has 19 heavy (non-hydrogen) atoms. The van der Waals surface area contributed by atoms with Crippen LogP contribution in [0, 0.1) is 0 Å². The van der Waals surface area contributed by atoms with E-state index in [1.165, 1.54) is 7.11 Å². The molecule has 0 amide bonds. The van der Waals surface area contributed by atoms with E-state index in [2.05, 4.69) is 10.2 Å². The predicted octanol–water partition coefficient (Wildman–Crippen LogP) is 0.412. The third-order valence-electron chi connectivity index (χ3n) is 3.49. The van der Waals surface area contributed by atoms with Gasteiger partial charge in [0.05, 0.1) is 25.3 Å². The lowest BCUT2D eigenvalue weighted by Gasteiger charge is -2.34. The molecular weight excluding hydrogens is 244 g/mol. The number of rotatable bonds is 4. The molecule has 5 heteroatoms. The van der Waals surface area contributed by atoms with Gasteiger partial charge in [0.2, 0.25) is 0 Å². The van der Waals surface area contributed by atoms with Gasteiger partial charge in [-0.1, -0.05) is 18.2 Å². The van der Waals surface area contributed by atoms with Gasteiger partial charge in [0, 0.05) is 26.2 Å². The molecule has 1 aromatic rings. The van der Waals surface area contributed by atoms with Gasteiger partial charge in [-0.15, -0.1) is 0 Å². The number of hydrogen-bond acceptors (Lipinski definition) is 5. The summed E-state index contributed by atoms with van der Waals surface area (Å²) in [4.78, 5) is 14.0. The summed E-state index contributed by atoms with van der Waals surface area (Å²) in [5.41, 5.74) is 1.36. The van der Waals surface area contributed by atoms with E-state index in [4.69, 9.17) is 4.74 Å². The van der Waals surface area contributed by atoms with Gasteiger partial charge in [0.15, 0.2) is 0 Å². The van der Waals surface area contributed by atoms with Crippen LogP contribution in [0.15, 0.2) is 24.3 Å². The van der Waals surface area contributed by atoms with Gasteiger partial charge in [0.1, 0.15) is 0 Å². The summed E-state index contributed by atoms with van der Waals surface area (Å²) in [6.45, 7) is 3.52. The zero-order valence-electron chi connectivity index (χ0n) is 11.1. The molecule has 0 spiro atoms. The molecule has 0 aromatic heterocycles. The third kappa shape index (κ3) is 3.12. The van der Waals surface area contributed by atoms with Crippen LogP contribution in [-0.4, -0.2) is 55.9 Å². The molecule has 1 aromatic carbocycles. The van der Waals surface area contributed by atoms with Gasteiger partial charge in [-0.25, -0.2) is 4.79 Å². The van der Waals surface area contributed by atoms with Crippen LogP contribution in [0.1, 0.15) is 22.0 Å². The molecule has 1 heterocycles. The molecule has 5 nitrogen and oxygen atoms in total. The molecule has 1 aliphatic rings. The number of hydrogen-bond donors (Lipinski definition) is 2. The first-order valence-electron chi connectivity index (χ1n) is 6.50. The highest BCUT2D eigenvalue weighted by molar-refractivity contribution is 5.91. The molecule has 1 fully saturated rings. The number of nitrogens with one attached hydrogen (secondary N) is 1. The highest BCUT2D eigenvalue weighted by Crippen LogP contribution is 2.24. The van der Waals surface area contributed by atoms with Crippen molar-refractivity contribution in [3.8, 4) is 0 Å². The van der Waals surface area contributed by atoms with E-state index in [9.17, 15) is 9.90 Å². The Hall–Kier alpha value is -1.43. The van der Waals surface area contributed by atoms with Gasteiger partial charge < -0.3 is 15.2 Å². The fraction of sp³-hybridized carbons (Fsp3) is 0.500. The van der Waals surface area contributed by atoms with Crippen molar-refractivity contribution in [2.24, 2.45) is 0 Å². The standard InChI is InChI=1S/C14H20N2O3/c1-19-14(18)12-5-3-2-4-11(12)13(10-17)16-8-6-15-7-9-16/h2-5,13,15,17H,6-10H2,1H3/t13-/m0/s1. The largest absolute Gasteiger partial charge is 0.465 e. The van der Waals surface area contributed by atoms with Crippen molar-refractivity contribution in [2.75, 3.05) is 39.9 Å². The first kappa shape index (κ1) is 14.0. The minimum Gasteiger partial charge on any atom is -0.465 e. The van der Waals surface area contributed by atoms with E-state index in [1.54, 1.807) is 6.07 Å². The fourth-order valence-corrected chi connectivity index (χ4v) is 2.49. The number of esters is 1. The second-order valence-corrected chi connectivity index (χ2v) is 4.56. The minimum absolute atomic E-state index is 0.00594. The van der Waals surface area contributed by atoms with Gasteiger partial charge in [-0.05, 0) is 11.6 Å². The molecule has 0 radical (unpaired) electrons. The molecule has 0 aliphatic carbocycles.